The Morgan fingerprint density at radius 3 is 1.63 bits per heavy atom. The largest absolute Gasteiger partial charge is 0.270 e. The molecule has 2 heterocycles. The molecule has 0 bridgehead atoms. The monoisotopic (exact) mass is 593 g/mol. The van der Waals surface area contributed by atoms with Crippen LogP contribution in [0.1, 0.15) is 50.3 Å². The van der Waals surface area contributed by atoms with E-state index in [1.54, 1.807) is 24.3 Å². The molecule has 0 N–H and O–H groups in total. The summed E-state index contributed by atoms with van der Waals surface area (Å²) in [6, 6.07) is 16.2. The van der Waals surface area contributed by atoms with Crippen molar-refractivity contribution in [2.75, 3.05) is 0 Å². The number of allylic oxidation sites excluding steroid dienone is 7. The molecular weight excluding hydrogens is 588 g/mol. The molecule has 0 aliphatic heterocycles. The number of rotatable bonds is 2. The zero-order valence-corrected chi connectivity index (χ0v) is 22.6. The van der Waals surface area contributed by atoms with E-state index in [4.69, 9.17) is 19.7 Å². The van der Waals surface area contributed by atoms with Gasteiger partial charge in [-0.3, -0.25) is 0 Å². The molecule has 11 nitrogen and oxygen atoms in total. The van der Waals surface area contributed by atoms with Gasteiger partial charge in [-0.1, -0.05) is 0 Å². The molecule has 46 heavy (non-hydrogen) atoms. The molecule has 206 valence electrons. The zero-order chi connectivity index (χ0) is 33.3. The number of fused-ring (bicyclic) bond motifs is 2. The van der Waals surface area contributed by atoms with Crippen LogP contribution >= 0.6 is 0 Å². The van der Waals surface area contributed by atoms with E-state index in [2.05, 4.69) is 24.5 Å². The summed E-state index contributed by atoms with van der Waals surface area (Å²) in [4.78, 5) is 17.3. The fraction of sp³-hybridized carbons (Fsp3) is 0. The number of nitrogens with zero attached hydrogens (tertiary/aromatic N) is 11. The SMILES string of the molecule is [C-]#[N+]C1=C(c2ccc(F)nc2C#N)/C(=C(/C#N)[N+]#[C-])c2cc3c(c(C#N)c21)/C(=C(/C#N)[N+]#[C-])C(c1ccc(F)nc1C#N)=C3C#N. The lowest BCUT2D eigenvalue weighted by Gasteiger charge is -2.14. The summed E-state index contributed by atoms with van der Waals surface area (Å²) in [5, 5.41) is 60.4. The van der Waals surface area contributed by atoms with Gasteiger partial charge in [0, 0.05) is 33.4 Å². The maximum atomic E-state index is 14.0. The smallest absolute Gasteiger partial charge is 0.237 e. The van der Waals surface area contributed by atoms with E-state index in [0.717, 1.165) is 24.3 Å². The third-order valence-corrected chi connectivity index (χ3v) is 7.06. The molecule has 5 rings (SSSR count). The highest BCUT2D eigenvalue weighted by Gasteiger charge is 2.41. The zero-order valence-electron chi connectivity index (χ0n) is 22.6. The number of nitriles is 6. The lowest BCUT2D eigenvalue weighted by Crippen LogP contribution is -2.01. The first kappa shape index (κ1) is 29.2. The van der Waals surface area contributed by atoms with Crippen molar-refractivity contribution in [3.63, 3.8) is 0 Å². The van der Waals surface area contributed by atoms with E-state index in [1.165, 1.54) is 6.07 Å². The van der Waals surface area contributed by atoms with Gasteiger partial charge in [-0.15, -0.1) is 0 Å². The molecule has 2 aliphatic carbocycles. The van der Waals surface area contributed by atoms with Gasteiger partial charge in [-0.05, 0) is 52.6 Å². The maximum Gasteiger partial charge on any atom is 0.270 e. The Kier molecular flexibility index (Phi) is 7.12. The first-order valence-corrected chi connectivity index (χ1v) is 12.4. The van der Waals surface area contributed by atoms with Crippen molar-refractivity contribution in [1.29, 1.82) is 31.6 Å². The third-order valence-electron chi connectivity index (χ3n) is 7.06. The van der Waals surface area contributed by atoms with Crippen molar-refractivity contribution >= 4 is 33.6 Å². The molecule has 1 aromatic carbocycles. The van der Waals surface area contributed by atoms with E-state index < -0.39 is 34.7 Å². The van der Waals surface area contributed by atoms with Crippen LogP contribution in [0.15, 0.2) is 41.7 Å². The molecule has 0 fully saturated rings. The summed E-state index contributed by atoms with van der Waals surface area (Å²) in [7, 11) is 0. The first-order valence-electron chi connectivity index (χ1n) is 12.4. The van der Waals surface area contributed by atoms with Gasteiger partial charge in [0.1, 0.15) is 23.9 Å². The number of pyridine rings is 2. The van der Waals surface area contributed by atoms with Crippen LogP contribution in [0.5, 0.6) is 0 Å². The Labute approximate surface area is 258 Å². The van der Waals surface area contributed by atoms with E-state index in [-0.39, 0.29) is 72.5 Å². The predicted molar refractivity (Wildman–Crippen MR) is 153 cm³/mol. The molecule has 2 aliphatic rings. The van der Waals surface area contributed by atoms with Gasteiger partial charge in [-0.25, -0.2) is 35.0 Å². The molecule has 2 aromatic heterocycles. The lowest BCUT2D eigenvalue weighted by molar-refractivity contribution is 0.581. The highest BCUT2D eigenvalue weighted by atomic mass is 19.1. The Morgan fingerprint density at radius 2 is 1.17 bits per heavy atom. The quantitative estimate of drug-likeness (QED) is 0.199. The van der Waals surface area contributed by atoms with Crippen LogP contribution in [-0.4, -0.2) is 9.97 Å². The highest BCUT2D eigenvalue weighted by molar-refractivity contribution is 6.30. The average molecular weight is 593 g/mol. The van der Waals surface area contributed by atoms with Crippen molar-refractivity contribution in [3.8, 4) is 36.4 Å². The van der Waals surface area contributed by atoms with Crippen molar-refractivity contribution in [3.05, 3.63) is 138 Å². The van der Waals surface area contributed by atoms with E-state index >= 15 is 0 Å². The second-order valence-corrected chi connectivity index (χ2v) is 9.08. The molecule has 3 aromatic rings. The number of aromatic nitrogens is 2. The summed E-state index contributed by atoms with van der Waals surface area (Å²) in [5.41, 5.74) is -4.55. The molecule has 0 unspecified atom stereocenters. The van der Waals surface area contributed by atoms with Crippen molar-refractivity contribution < 1.29 is 8.78 Å². The summed E-state index contributed by atoms with van der Waals surface area (Å²) in [6.07, 6.45) is 0. The van der Waals surface area contributed by atoms with Crippen molar-refractivity contribution in [1.82, 2.24) is 9.97 Å². The van der Waals surface area contributed by atoms with Gasteiger partial charge in [0.2, 0.25) is 17.6 Å². The molecular formula is C33H5F2N11. The van der Waals surface area contributed by atoms with Gasteiger partial charge >= 0.3 is 0 Å². The molecule has 0 amide bonds. The molecule has 0 spiro atoms. The minimum atomic E-state index is -1.02. The first-order chi connectivity index (χ1) is 22.3. The van der Waals surface area contributed by atoms with Gasteiger partial charge in [0.05, 0.1) is 49.1 Å². The number of hydrogen-bond donors (Lipinski definition) is 0. The predicted octanol–water partition coefficient (Wildman–Crippen LogP) is 5.93. The van der Waals surface area contributed by atoms with E-state index in [9.17, 15) is 40.4 Å². The van der Waals surface area contributed by atoms with E-state index in [0.29, 0.717) is 0 Å². The van der Waals surface area contributed by atoms with Gasteiger partial charge in [0.15, 0.2) is 5.69 Å². The van der Waals surface area contributed by atoms with Crippen LogP contribution in [0.4, 0.5) is 8.78 Å². The highest BCUT2D eigenvalue weighted by Crippen LogP contribution is 2.57. The number of benzene rings is 1. The van der Waals surface area contributed by atoms with Gasteiger partial charge in [0.25, 0.3) is 11.4 Å². The van der Waals surface area contributed by atoms with E-state index in [1.807, 2.05) is 12.1 Å². The van der Waals surface area contributed by atoms with Crippen LogP contribution in [0.2, 0.25) is 0 Å². The minimum absolute atomic E-state index is 0.0514. The fourth-order valence-corrected chi connectivity index (χ4v) is 5.42. The maximum absolute atomic E-state index is 14.0. The summed E-state index contributed by atoms with van der Waals surface area (Å²) in [6.45, 7) is 23.4. The normalized spacial score (nSPS) is 14.5. The fourth-order valence-electron chi connectivity index (χ4n) is 5.42. The third kappa shape index (κ3) is 4.01. The average Bonchev–Trinajstić information content (AvgIpc) is 3.57. The summed E-state index contributed by atoms with van der Waals surface area (Å²) >= 11 is 0. The standard InChI is InChI=1S/C33H5F2N11/c1-42-23(13-40)30-18-8-17-19(9-36)27(15-4-6-25(34)45-21(15)11-38)32(24(14-41)43-2)28(17)20(10-37)29(18)33(44-3)31(30)16-5-7-26(35)46-22(16)12-39/h4-8H/b30-23-,32-24-. The topological polar surface area (TPSA) is 182 Å². The molecule has 0 atom stereocenters. The molecule has 0 radical (unpaired) electrons. The van der Waals surface area contributed by atoms with Gasteiger partial charge in [-0.2, -0.15) is 29.8 Å². The Balaban J connectivity index is 2.06. The number of halogens is 2. The van der Waals surface area contributed by atoms with Gasteiger partial charge < -0.3 is 0 Å². The van der Waals surface area contributed by atoms with Crippen molar-refractivity contribution in [2.24, 2.45) is 0 Å². The van der Waals surface area contributed by atoms with Crippen LogP contribution in [0.25, 0.3) is 48.1 Å². The number of hydrogen-bond acceptors (Lipinski definition) is 8. The van der Waals surface area contributed by atoms with Crippen LogP contribution in [-0.2, 0) is 0 Å². The van der Waals surface area contributed by atoms with Crippen LogP contribution < -0.4 is 0 Å². The Morgan fingerprint density at radius 1 is 0.630 bits per heavy atom. The second kappa shape index (κ2) is 11.2. The molecule has 0 saturated carbocycles. The summed E-state index contributed by atoms with van der Waals surface area (Å²) in [5.74, 6) is -2.04. The van der Waals surface area contributed by atoms with Crippen LogP contribution in [0.3, 0.4) is 0 Å². The van der Waals surface area contributed by atoms with Crippen molar-refractivity contribution in [2.45, 2.75) is 0 Å². The van der Waals surface area contributed by atoms with Crippen LogP contribution in [0, 0.1) is 99.6 Å². The molecule has 0 saturated heterocycles. The minimum Gasteiger partial charge on any atom is -0.237 e. The Hall–Kier alpha value is -8.25. The second-order valence-electron chi connectivity index (χ2n) is 9.08. The molecule has 13 heteroatoms. The lowest BCUT2D eigenvalue weighted by atomic mass is 9.87. The summed E-state index contributed by atoms with van der Waals surface area (Å²) < 4.78 is 28.0. The Bertz CT molecular complexity index is 2510.